The van der Waals surface area contributed by atoms with E-state index < -0.39 is 16.9 Å². The van der Waals surface area contributed by atoms with Gasteiger partial charge in [0.2, 0.25) is 0 Å². The Morgan fingerprint density at radius 2 is 1.08 bits per heavy atom. The molecule has 0 heterocycles. The Bertz CT molecular complexity index is 1230. The predicted octanol–water partition coefficient (Wildman–Crippen LogP) is 0.181. The van der Waals surface area contributed by atoms with Crippen LogP contribution in [0.15, 0.2) is 4.99 Å². The minimum Gasteiger partial charge on any atom is -0.529 e. The van der Waals surface area contributed by atoms with Crippen LogP contribution in [0.25, 0.3) is 0 Å². The average Bonchev–Trinajstić information content (AvgIpc) is 3.00. The molecule has 0 radical (unpaired) electrons. The first-order valence-corrected chi connectivity index (χ1v) is 20.2. The van der Waals surface area contributed by atoms with Crippen molar-refractivity contribution >= 4 is 46.1 Å². The summed E-state index contributed by atoms with van der Waals surface area (Å²) < 4.78 is 20.3. The lowest BCUT2D eigenvalue weighted by Gasteiger charge is -2.22. The van der Waals surface area contributed by atoms with Crippen molar-refractivity contribution in [1.29, 1.82) is 15.5 Å². The summed E-state index contributed by atoms with van der Waals surface area (Å²) in [4.78, 5) is 39.9. The number of hydrogen-bond donors (Lipinski definition) is 13. The van der Waals surface area contributed by atoms with Gasteiger partial charge in [-0.1, -0.05) is 83.1 Å². The zero-order chi connectivity index (χ0) is 42.1. The number of hydrogen-bond acceptors (Lipinski definition) is 11. The van der Waals surface area contributed by atoms with Crippen LogP contribution in [0.3, 0.4) is 0 Å². The van der Waals surface area contributed by atoms with Crippen LogP contribution in [0.4, 0.5) is 0 Å². The Kier molecular flexibility index (Phi) is 30.3. The fourth-order valence-electron chi connectivity index (χ4n) is 4.73. The zero-order valence-electron chi connectivity index (χ0n) is 34.7. The van der Waals surface area contributed by atoms with Crippen molar-refractivity contribution in [2.75, 3.05) is 19.6 Å². The number of nitrogens with one attached hydrogen (secondary N) is 9. The number of quaternary nitrogens is 1. The number of nitrogens with zero attached hydrogens (tertiary/aromatic N) is 1. The van der Waals surface area contributed by atoms with E-state index in [1.165, 1.54) is 0 Å². The van der Waals surface area contributed by atoms with E-state index in [1.807, 2.05) is 69.2 Å². The Hall–Kier alpha value is -2.88. The maximum absolute atomic E-state index is 12.0. The Morgan fingerprint density at radius 1 is 0.717 bits per heavy atom. The van der Waals surface area contributed by atoms with Gasteiger partial charge in [0.1, 0.15) is 0 Å². The fraction of sp³-hybridized carbons (Fsp3) is 0.848. The molecule has 0 spiro atoms. The molecule has 20 heteroatoms. The quantitative estimate of drug-likeness (QED) is 0.0271. The van der Waals surface area contributed by atoms with Crippen LogP contribution in [0.5, 0.6) is 0 Å². The normalized spacial score (nSPS) is 14.5. The summed E-state index contributed by atoms with van der Waals surface area (Å²) in [6.45, 7) is 24.2. The van der Waals surface area contributed by atoms with E-state index in [-0.39, 0.29) is 83.8 Å². The van der Waals surface area contributed by atoms with Gasteiger partial charge in [-0.3, -0.25) is 30.1 Å². The standard InChI is InChI=1S/C11H27BN4O.C11H24N6O.C11H26N4O2S/c1-8(2)11(17)10(16-9(3)4)6-5-7-15-12(13)14;1-6(2)9(18)8(16-7(3)4)5-15-11(14)17-10(12)13;1-8(2)11(16)10(15-9(3)4)6-5-7-14-18(12,13)17/h8-10,13,15-16H,5-7H2,1-4,14H3;6-8,16H,5H2,1-4H3,(H6,12,13,14,15,17);8-10,15H,5-7H2,1-4H3,(H4,12,13,14,17)/t10-;8-;10-/m000/s1. The Balaban J connectivity index is -0.000000708. The summed E-state index contributed by atoms with van der Waals surface area (Å²) in [6, 6.07) is 0.0948. The molecule has 18 nitrogen and oxygen atoms in total. The molecule has 312 valence electrons. The molecule has 0 saturated heterocycles. The minimum atomic E-state index is -3.14. The monoisotopic (exact) mass is 777 g/mol. The second-order valence-electron chi connectivity index (χ2n) is 14.8. The van der Waals surface area contributed by atoms with Crippen molar-refractivity contribution in [3.8, 4) is 0 Å². The number of carbonyl (C=O) groups excluding carboxylic acids is 3. The van der Waals surface area contributed by atoms with Crippen molar-refractivity contribution in [2.24, 2.45) is 39.4 Å². The van der Waals surface area contributed by atoms with Gasteiger partial charge in [0, 0.05) is 42.4 Å². The fourth-order valence-corrected chi connectivity index (χ4v) is 5.18. The van der Waals surface area contributed by atoms with E-state index in [1.54, 1.807) is 0 Å². The Morgan fingerprint density at radius 3 is 1.40 bits per heavy atom. The summed E-state index contributed by atoms with van der Waals surface area (Å²) in [5.74, 6) is 0.287. The third-order valence-corrected chi connectivity index (χ3v) is 7.73. The third kappa shape index (κ3) is 33.4. The summed E-state index contributed by atoms with van der Waals surface area (Å²) in [5, 5.41) is 34.3. The number of carbonyl (C=O) groups is 3. The van der Waals surface area contributed by atoms with Crippen LogP contribution < -0.4 is 53.5 Å². The van der Waals surface area contributed by atoms with Gasteiger partial charge in [-0.2, -0.15) is 0 Å². The van der Waals surface area contributed by atoms with Crippen LogP contribution in [0.1, 0.15) is 109 Å². The van der Waals surface area contributed by atoms with Crippen molar-refractivity contribution in [3.63, 3.8) is 0 Å². The highest BCUT2D eigenvalue weighted by Gasteiger charge is 2.23. The maximum Gasteiger partial charge on any atom is 0.332 e. The highest BCUT2D eigenvalue weighted by molar-refractivity contribution is 7.88. The van der Waals surface area contributed by atoms with E-state index in [9.17, 15) is 18.6 Å². The molecule has 0 bridgehead atoms. The first-order valence-electron chi connectivity index (χ1n) is 18.6. The molecule has 0 aliphatic rings. The van der Waals surface area contributed by atoms with Crippen LogP contribution >= 0.6 is 0 Å². The number of aliphatic imine (C=N–C) groups is 1. The SMILES string of the molecule is CC(C)N[C@@H](CCCNS(=N)(N)=O)C(=O)C(C)C.CC(C)N[C@@H](CCCN[B-](=N)[NH3+])C(=O)C(C)C.CC(C)N[C@@H](CN=C(N)NC(=N)N)C(=O)C(C)C. The smallest absolute Gasteiger partial charge is 0.332 e. The van der Waals surface area contributed by atoms with E-state index in [4.69, 9.17) is 32.1 Å². The van der Waals surface area contributed by atoms with Gasteiger partial charge in [-0.05, 0) is 32.2 Å². The first kappa shape index (κ1) is 54.5. The number of nitrogens with two attached hydrogens (primary N) is 3. The van der Waals surface area contributed by atoms with E-state index in [0.717, 1.165) is 19.4 Å². The van der Waals surface area contributed by atoms with Gasteiger partial charge < -0.3 is 43.6 Å². The number of ketones is 3. The second-order valence-corrected chi connectivity index (χ2v) is 16.3. The summed E-state index contributed by atoms with van der Waals surface area (Å²) in [6.07, 6.45) is 3.00. The van der Waals surface area contributed by atoms with Crippen LogP contribution in [0, 0.1) is 33.3 Å². The minimum absolute atomic E-state index is 0.0101. The highest BCUT2D eigenvalue weighted by atomic mass is 32.2. The number of guanidine groups is 2. The Labute approximate surface area is 320 Å². The van der Waals surface area contributed by atoms with Crippen LogP contribution in [-0.2, 0) is 24.5 Å². The third-order valence-electron chi connectivity index (χ3n) is 7.09. The molecule has 4 atom stereocenters. The first-order chi connectivity index (χ1) is 24.2. The van der Waals surface area contributed by atoms with Crippen LogP contribution in [0.2, 0.25) is 0 Å². The van der Waals surface area contributed by atoms with Gasteiger partial charge in [-0.15, -0.1) is 0 Å². The zero-order valence-corrected chi connectivity index (χ0v) is 35.5. The van der Waals surface area contributed by atoms with Crippen molar-refractivity contribution in [1.82, 2.24) is 31.2 Å². The highest BCUT2D eigenvalue weighted by Crippen LogP contribution is 2.08. The van der Waals surface area contributed by atoms with Crippen molar-refractivity contribution in [3.05, 3.63) is 0 Å². The summed E-state index contributed by atoms with van der Waals surface area (Å²) in [5.41, 5.74) is 14.2. The molecule has 0 aliphatic heterocycles. The van der Waals surface area contributed by atoms with Gasteiger partial charge >= 0.3 is 6.77 Å². The number of Topliss-reactive ketones (excluding diaryl/α,β-unsaturated/α-hetero) is 3. The molecule has 0 aromatic heterocycles. The lowest BCUT2D eigenvalue weighted by atomic mass is 9.97. The second kappa shape index (κ2) is 29.5. The van der Waals surface area contributed by atoms with E-state index >= 15 is 0 Å². The lowest BCUT2D eigenvalue weighted by molar-refractivity contribution is -0.193. The number of rotatable bonds is 24. The molecular weight excluding hydrogens is 699 g/mol. The molecule has 53 heavy (non-hydrogen) atoms. The molecule has 0 rings (SSSR count). The summed E-state index contributed by atoms with van der Waals surface area (Å²) >= 11 is 0. The lowest BCUT2D eigenvalue weighted by Crippen LogP contribution is -2.66. The van der Waals surface area contributed by atoms with Gasteiger partial charge in [0.25, 0.3) is 0 Å². The van der Waals surface area contributed by atoms with Gasteiger partial charge in [-0.25, -0.2) is 18.8 Å². The van der Waals surface area contributed by atoms with Gasteiger partial charge in [0.05, 0.1) is 24.7 Å². The topological polar surface area (TPSA) is 330 Å². The molecule has 0 aromatic carbocycles. The van der Waals surface area contributed by atoms with E-state index in [0.29, 0.717) is 25.4 Å². The molecule has 0 amide bonds. The van der Waals surface area contributed by atoms with Crippen molar-refractivity contribution < 1.29 is 24.2 Å². The molecule has 0 saturated carbocycles. The molecule has 1 unspecified atom stereocenters. The largest absolute Gasteiger partial charge is 0.529 e. The van der Waals surface area contributed by atoms with Crippen molar-refractivity contribution in [2.45, 2.75) is 145 Å². The average molecular weight is 777 g/mol. The van der Waals surface area contributed by atoms with Gasteiger partial charge in [0.15, 0.2) is 39.4 Å². The summed E-state index contributed by atoms with van der Waals surface area (Å²) in [7, 11) is -3.14. The molecule has 18 N–H and O–H groups in total. The predicted molar refractivity (Wildman–Crippen MR) is 218 cm³/mol. The molecule has 0 fully saturated rings. The maximum atomic E-state index is 12.0. The van der Waals surface area contributed by atoms with Crippen LogP contribution in [-0.4, -0.2) is 96.1 Å². The van der Waals surface area contributed by atoms with E-state index in [2.05, 4.69) is 55.7 Å². The molecule has 0 aromatic rings. The molecular formula is C33H77BN14O4S. The molecule has 0 aliphatic carbocycles.